The zero-order chi connectivity index (χ0) is 32.8. The maximum absolute atomic E-state index is 12.7. The number of para-hydroxylation sites is 1. The summed E-state index contributed by atoms with van der Waals surface area (Å²) in [5.41, 5.74) is 5.89. The zero-order valence-electron chi connectivity index (χ0n) is 26.7. The van der Waals surface area contributed by atoms with Crippen LogP contribution < -0.4 is 16.0 Å². The SMILES string of the molecule is O=C(CCN1CCC(OC(=O)Nc2ccccc2-c2ccccc2)CC1)NCc1cccc(CNCCCc2ccc(O)c(O)c2)c1. The van der Waals surface area contributed by atoms with Gasteiger partial charge in [-0.3, -0.25) is 10.1 Å². The average Bonchev–Trinajstić information content (AvgIpc) is 3.09. The number of carbonyl (C=O) groups is 2. The van der Waals surface area contributed by atoms with E-state index in [-0.39, 0.29) is 23.5 Å². The van der Waals surface area contributed by atoms with Gasteiger partial charge in [0.05, 0.1) is 5.69 Å². The van der Waals surface area contributed by atoms with Gasteiger partial charge in [0.2, 0.25) is 5.91 Å². The summed E-state index contributed by atoms with van der Waals surface area (Å²) in [7, 11) is 0. The number of nitrogens with one attached hydrogen (secondary N) is 3. The molecule has 1 fully saturated rings. The van der Waals surface area contributed by atoms with Crippen molar-refractivity contribution in [2.75, 3.05) is 31.5 Å². The number of aryl methyl sites for hydroxylation is 1. The van der Waals surface area contributed by atoms with Crippen LogP contribution in [0, 0.1) is 0 Å². The van der Waals surface area contributed by atoms with E-state index < -0.39 is 6.09 Å². The predicted molar refractivity (Wildman–Crippen MR) is 184 cm³/mol. The van der Waals surface area contributed by atoms with Crippen molar-refractivity contribution >= 4 is 17.7 Å². The van der Waals surface area contributed by atoms with E-state index in [1.54, 1.807) is 6.07 Å². The first-order valence-electron chi connectivity index (χ1n) is 16.3. The number of hydrogen-bond acceptors (Lipinski definition) is 7. The Labute approximate surface area is 276 Å². The molecular weight excluding hydrogens is 592 g/mol. The number of rotatable bonds is 14. The molecule has 0 radical (unpaired) electrons. The topological polar surface area (TPSA) is 123 Å². The Morgan fingerprint density at radius 2 is 1.53 bits per heavy atom. The molecule has 47 heavy (non-hydrogen) atoms. The van der Waals surface area contributed by atoms with Gasteiger partial charge in [-0.05, 0) is 72.7 Å². The Balaban J connectivity index is 0.949. The Bertz CT molecular complexity index is 1600. The van der Waals surface area contributed by atoms with Gasteiger partial charge in [-0.25, -0.2) is 4.79 Å². The lowest BCUT2D eigenvalue weighted by atomic mass is 10.0. The maximum atomic E-state index is 12.7. The number of ether oxygens (including phenoxy) is 1. The molecular formula is C38H44N4O5. The number of amides is 2. The van der Waals surface area contributed by atoms with Gasteiger partial charge in [0.1, 0.15) is 6.10 Å². The summed E-state index contributed by atoms with van der Waals surface area (Å²) in [6, 6.07) is 30.8. The van der Waals surface area contributed by atoms with Gasteiger partial charge < -0.3 is 30.5 Å². The molecule has 5 rings (SSSR count). The lowest BCUT2D eigenvalue weighted by Gasteiger charge is -2.31. The largest absolute Gasteiger partial charge is 0.504 e. The Morgan fingerprint density at radius 3 is 2.32 bits per heavy atom. The van der Waals surface area contributed by atoms with Gasteiger partial charge in [0.25, 0.3) is 0 Å². The van der Waals surface area contributed by atoms with Gasteiger partial charge in [-0.1, -0.05) is 78.9 Å². The van der Waals surface area contributed by atoms with Crippen molar-refractivity contribution in [2.45, 2.75) is 51.3 Å². The molecule has 0 aromatic heterocycles. The molecule has 0 spiro atoms. The minimum Gasteiger partial charge on any atom is -0.504 e. The average molecular weight is 637 g/mol. The minimum atomic E-state index is -0.446. The lowest BCUT2D eigenvalue weighted by Crippen LogP contribution is -2.40. The van der Waals surface area contributed by atoms with Crippen LogP contribution in [0.25, 0.3) is 11.1 Å². The van der Waals surface area contributed by atoms with E-state index in [1.807, 2.05) is 72.8 Å². The van der Waals surface area contributed by atoms with E-state index in [9.17, 15) is 19.8 Å². The number of phenolic OH excluding ortho intramolecular Hbond substituents is 2. The van der Waals surface area contributed by atoms with Crippen molar-refractivity contribution in [3.8, 4) is 22.6 Å². The molecule has 4 aromatic carbocycles. The van der Waals surface area contributed by atoms with Crippen LogP contribution in [0.1, 0.15) is 42.4 Å². The lowest BCUT2D eigenvalue weighted by molar-refractivity contribution is -0.121. The molecule has 246 valence electrons. The van der Waals surface area contributed by atoms with E-state index in [1.165, 1.54) is 6.07 Å². The summed E-state index contributed by atoms with van der Waals surface area (Å²) in [5.74, 6) is -0.172. The summed E-state index contributed by atoms with van der Waals surface area (Å²) < 4.78 is 5.74. The second-order valence-corrected chi connectivity index (χ2v) is 11.9. The second kappa shape index (κ2) is 17.2. The van der Waals surface area contributed by atoms with Crippen molar-refractivity contribution in [2.24, 2.45) is 0 Å². The number of carbonyl (C=O) groups excluding carboxylic acids is 2. The molecule has 9 heteroatoms. The highest BCUT2D eigenvalue weighted by Crippen LogP contribution is 2.28. The highest BCUT2D eigenvalue weighted by Gasteiger charge is 2.23. The summed E-state index contributed by atoms with van der Waals surface area (Å²) in [5, 5.41) is 28.5. The highest BCUT2D eigenvalue weighted by atomic mass is 16.6. The molecule has 1 saturated heterocycles. The fourth-order valence-electron chi connectivity index (χ4n) is 5.78. The maximum Gasteiger partial charge on any atom is 0.411 e. The molecule has 0 atom stereocenters. The standard InChI is InChI=1S/C38H44N4O5/c43-35-16-15-28(25-36(35)44)10-7-20-39-26-29-8-6-9-30(24-29)27-40-37(45)19-23-42-21-17-32(18-22-42)47-38(46)41-34-14-5-4-13-33(34)31-11-2-1-3-12-31/h1-6,8-9,11-16,24-25,32,39,43-44H,7,10,17-23,26-27H2,(H,40,45)(H,41,46). The second-order valence-electron chi connectivity index (χ2n) is 11.9. The highest BCUT2D eigenvalue weighted by molar-refractivity contribution is 5.91. The third kappa shape index (κ3) is 10.6. The number of benzene rings is 4. The van der Waals surface area contributed by atoms with Crippen molar-refractivity contribution in [1.29, 1.82) is 0 Å². The van der Waals surface area contributed by atoms with Gasteiger partial charge in [-0.15, -0.1) is 0 Å². The summed E-state index contributed by atoms with van der Waals surface area (Å²) in [6.45, 7) is 4.25. The number of nitrogens with zero attached hydrogens (tertiary/aromatic N) is 1. The first kappa shape index (κ1) is 33.5. The summed E-state index contributed by atoms with van der Waals surface area (Å²) in [6.07, 6.45) is 3.00. The van der Waals surface area contributed by atoms with Gasteiger partial charge in [0.15, 0.2) is 11.5 Å². The molecule has 0 unspecified atom stereocenters. The molecule has 5 N–H and O–H groups in total. The molecule has 0 saturated carbocycles. The van der Waals surface area contributed by atoms with Crippen molar-refractivity contribution < 1.29 is 24.5 Å². The van der Waals surface area contributed by atoms with Crippen molar-refractivity contribution in [3.63, 3.8) is 0 Å². The number of phenols is 2. The number of hydrogen-bond donors (Lipinski definition) is 5. The zero-order valence-corrected chi connectivity index (χ0v) is 26.7. The number of aromatic hydroxyl groups is 2. The monoisotopic (exact) mass is 636 g/mol. The van der Waals surface area contributed by atoms with Crippen LogP contribution in [0.5, 0.6) is 11.5 Å². The first-order chi connectivity index (χ1) is 22.9. The van der Waals surface area contributed by atoms with E-state index in [0.29, 0.717) is 19.5 Å². The van der Waals surface area contributed by atoms with Crippen molar-refractivity contribution in [1.82, 2.24) is 15.5 Å². The quantitative estimate of drug-likeness (QED) is 0.0824. The number of piperidine rings is 1. The summed E-state index contributed by atoms with van der Waals surface area (Å²) in [4.78, 5) is 27.5. The third-order valence-electron chi connectivity index (χ3n) is 8.38. The van der Waals surface area contributed by atoms with Crippen LogP contribution in [-0.4, -0.2) is 59.4 Å². The molecule has 1 aliphatic heterocycles. The number of anilines is 1. The molecule has 1 aliphatic rings. The Kier molecular flexibility index (Phi) is 12.2. The van der Waals surface area contributed by atoms with Crippen LogP contribution in [0.3, 0.4) is 0 Å². The van der Waals surface area contributed by atoms with E-state index in [0.717, 1.165) is 85.4 Å². The fourth-order valence-corrected chi connectivity index (χ4v) is 5.78. The smallest absolute Gasteiger partial charge is 0.411 e. The molecule has 0 aliphatic carbocycles. The van der Waals surface area contributed by atoms with Crippen molar-refractivity contribution in [3.05, 3.63) is 114 Å². The molecule has 1 heterocycles. The van der Waals surface area contributed by atoms with Gasteiger partial charge >= 0.3 is 6.09 Å². The van der Waals surface area contributed by atoms with E-state index in [4.69, 9.17) is 4.74 Å². The van der Waals surface area contributed by atoms with Gasteiger partial charge in [0, 0.05) is 44.7 Å². The Morgan fingerprint density at radius 1 is 0.787 bits per heavy atom. The fraction of sp³-hybridized carbons (Fsp3) is 0.316. The van der Waals surface area contributed by atoms with Crippen LogP contribution in [0.4, 0.5) is 10.5 Å². The van der Waals surface area contributed by atoms with Gasteiger partial charge in [-0.2, -0.15) is 0 Å². The van der Waals surface area contributed by atoms with Crippen LogP contribution in [0.2, 0.25) is 0 Å². The molecule has 0 bridgehead atoms. The minimum absolute atomic E-state index is 0.0172. The molecule has 9 nitrogen and oxygen atoms in total. The van der Waals surface area contributed by atoms with Crippen LogP contribution in [0.15, 0.2) is 97.1 Å². The molecule has 4 aromatic rings. The normalized spacial score (nSPS) is 13.6. The summed E-state index contributed by atoms with van der Waals surface area (Å²) >= 11 is 0. The van der Waals surface area contributed by atoms with E-state index >= 15 is 0 Å². The van der Waals surface area contributed by atoms with Crippen LogP contribution in [-0.2, 0) is 29.0 Å². The third-order valence-corrected chi connectivity index (χ3v) is 8.38. The van der Waals surface area contributed by atoms with Crippen LogP contribution >= 0.6 is 0 Å². The van der Waals surface area contributed by atoms with E-state index in [2.05, 4.69) is 33.0 Å². The first-order valence-corrected chi connectivity index (χ1v) is 16.3. The number of likely N-dealkylation sites (tertiary alicyclic amines) is 1. The molecule has 2 amide bonds. The predicted octanol–water partition coefficient (Wildman–Crippen LogP) is 6.21. The Hall–Kier alpha value is -4.86.